The van der Waals surface area contributed by atoms with Crippen LogP contribution in [0.1, 0.15) is 6.42 Å². The highest BCUT2D eigenvalue weighted by Gasteiger charge is 2.12. The van der Waals surface area contributed by atoms with Crippen LogP contribution in [0.25, 0.3) is 0 Å². The van der Waals surface area contributed by atoms with Crippen LogP contribution in [0.4, 0.5) is 5.69 Å². The molecule has 17 heavy (non-hydrogen) atoms. The molecule has 0 amide bonds. The van der Waals surface area contributed by atoms with Crippen LogP contribution in [0.3, 0.4) is 0 Å². The van der Waals surface area contributed by atoms with E-state index in [2.05, 4.69) is 27.4 Å². The molecule has 0 aliphatic heterocycles. The predicted molar refractivity (Wildman–Crippen MR) is 75.3 cm³/mol. The fraction of sp³-hybridized carbons (Fsp3) is 0.385. The summed E-state index contributed by atoms with van der Waals surface area (Å²) in [5, 5.41) is 0. The van der Waals surface area contributed by atoms with E-state index in [4.69, 9.17) is 9.47 Å². The number of nitrogens with zero attached hydrogens (tertiary/aromatic N) is 1. The summed E-state index contributed by atoms with van der Waals surface area (Å²) in [4.78, 5) is 2.15. The smallest absolute Gasteiger partial charge is 0.162 e. The van der Waals surface area contributed by atoms with Gasteiger partial charge in [0.2, 0.25) is 0 Å². The minimum Gasteiger partial charge on any atom is -0.493 e. The third kappa shape index (κ3) is 3.40. The lowest BCUT2D eigenvalue weighted by molar-refractivity contribution is 0.355. The zero-order valence-corrected chi connectivity index (χ0v) is 12.1. The predicted octanol–water partition coefficient (Wildman–Crippen LogP) is 3.48. The third-order valence-corrected chi connectivity index (χ3v) is 3.17. The average Bonchev–Trinajstić information content (AvgIpc) is 2.35. The van der Waals surface area contributed by atoms with Crippen molar-refractivity contribution in [3.05, 3.63) is 29.3 Å². The van der Waals surface area contributed by atoms with Crippen molar-refractivity contribution in [3.63, 3.8) is 0 Å². The van der Waals surface area contributed by atoms with Gasteiger partial charge in [0, 0.05) is 30.2 Å². The molecule has 0 aliphatic rings. The van der Waals surface area contributed by atoms with E-state index in [-0.39, 0.29) is 0 Å². The van der Waals surface area contributed by atoms with Gasteiger partial charge < -0.3 is 14.4 Å². The highest BCUT2D eigenvalue weighted by molar-refractivity contribution is 9.10. The molecule has 0 N–H and O–H groups in total. The number of anilines is 1. The first-order valence-electron chi connectivity index (χ1n) is 5.37. The summed E-state index contributed by atoms with van der Waals surface area (Å²) < 4.78 is 11.5. The molecule has 0 radical (unpaired) electrons. The lowest BCUT2D eigenvalue weighted by atomic mass is 10.2. The van der Waals surface area contributed by atoms with Gasteiger partial charge in [0.05, 0.1) is 19.9 Å². The van der Waals surface area contributed by atoms with Gasteiger partial charge in [-0.1, -0.05) is 6.08 Å². The quantitative estimate of drug-likeness (QED) is 0.751. The maximum Gasteiger partial charge on any atom is 0.162 e. The number of hydrogen-bond acceptors (Lipinski definition) is 3. The van der Waals surface area contributed by atoms with E-state index < -0.39 is 0 Å². The van der Waals surface area contributed by atoms with Crippen LogP contribution in [0, 0.1) is 0 Å². The van der Waals surface area contributed by atoms with Gasteiger partial charge in [0.1, 0.15) is 0 Å². The fourth-order valence-electron chi connectivity index (χ4n) is 1.54. The molecule has 0 aliphatic carbocycles. The number of methoxy groups -OCH3 is 2. The van der Waals surface area contributed by atoms with E-state index in [9.17, 15) is 0 Å². The second-order valence-corrected chi connectivity index (χ2v) is 4.51. The average molecular weight is 300 g/mol. The van der Waals surface area contributed by atoms with Crippen molar-refractivity contribution in [1.82, 2.24) is 0 Å². The Balaban J connectivity index is 3.03. The molecule has 1 aromatic rings. The third-order valence-electron chi connectivity index (χ3n) is 2.53. The lowest BCUT2D eigenvalue weighted by Crippen LogP contribution is -2.18. The van der Waals surface area contributed by atoms with Crippen molar-refractivity contribution in [3.8, 4) is 11.5 Å². The molecule has 0 atom stereocenters. The summed E-state index contributed by atoms with van der Waals surface area (Å²) in [7, 11) is 5.31. The first-order chi connectivity index (χ1) is 8.13. The summed E-state index contributed by atoms with van der Waals surface area (Å²) in [5.41, 5.74) is 1.07. The molecular weight excluding hydrogens is 282 g/mol. The van der Waals surface area contributed by atoms with E-state index in [1.54, 1.807) is 14.2 Å². The standard InChI is InChI=1S/C13H18BrNO2/c1-5-6-7-15(2)11-9-13(17-4)12(16-3)8-10(11)14/h5,8-9H,1,6-7H2,2-4H3. The van der Waals surface area contributed by atoms with E-state index in [0.717, 1.165) is 34.6 Å². The molecule has 0 aromatic heterocycles. The maximum absolute atomic E-state index is 5.29. The monoisotopic (exact) mass is 299 g/mol. The Hall–Kier alpha value is -1.16. The summed E-state index contributed by atoms with van der Waals surface area (Å²) in [5.74, 6) is 1.45. The van der Waals surface area contributed by atoms with Crippen molar-refractivity contribution in [2.75, 3.05) is 32.7 Å². The lowest BCUT2D eigenvalue weighted by Gasteiger charge is -2.21. The second kappa shape index (κ2) is 6.55. The van der Waals surface area contributed by atoms with Crippen molar-refractivity contribution in [2.45, 2.75) is 6.42 Å². The molecule has 94 valence electrons. The first-order valence-corrected chi connectivity index (χ1v) is 6.16. The zero-order valence-electron chi connectivity index (χ0n) is 10.5. The zero-order chi connectivity index (χ0) is 12.8. The molecule has 3 nitrogen and oxygen atoms in total. The van der Waals surface area contributed by atoms with Crippen LogP contribution in [0.15, 0.2) is 29.3 Å². The Labute approximate surface area is 111 Å². The highest BCUT2D eigenvalue weighted by atomic mass is 79.9. The Morgan fingerprint density at radius 1 is 1.29 bits per heavy atom. The normalized spacial score (nSPS) is 9.88. The van der Waals surface area contributed by atoms with E-state index >= 15 is 0 Å². The molecule has 0 heterocycles. The summed E-state index contributed by atoms with van der Waals surface area (Å²) >= 11 is 3.54. The van der Waals surface area contributed by atoms with E-state index in [1.807, 2.05) is 25.3 Å². The van der Waals surface area contributed by atoms with Crippen LogP contribution in [0.2, 0.25) is 0 Å². The van der Waals surface area contributed by atoms with Gasteiger partial charge in [-0.15, -0.1) is 6.58 Å². The Bertz CT molecular complexity index is 393. The van der Waals surface area contributed by atoms with Crippen molar-refractivity contribution in [1.29, 1.82) is 0 Å². The van der Waals surface area contributed by atoms with Crippen LogP contribution >= 0.6 is 15.9 Å². The van der Waals surface area contributed by atoms with E-state index in [1.165, 1.54) is 0 Å². The molecule has 0 saturated heterocycles. The van der Waals surface area contributed by atoms with Crippen LogP contribution in [-0.2, 0) is 0 Å². The molecule has 0 bridgehead atoms. The van der Waals surface area contributed by atoms with Gasteiger partial charge >= 0.3 is 0 Å². The molecular formula is C13H18BrNO2. The molecule has 4 heteroatoms. The summed E-state index contributed by atoms with van der Waals surface area (Å²) in [6.07, 6.45) is 2.85. The van der Waals surface area contributed by atoms with Crippen LogP contribution < -0.4 is 14.4 Å². The largest absolute Gasteiger partial charge is 0.493 e. The Kier molecular flexibility index (Phi) is 5.35. The Morgan fingerprint density at radius 3 is 2.41 bits per heavy atom. The van der Waals surface area contributed by atoms with Crippen molar-refractivity contribution >= 4 is 21.6 Å². The molecule has 1 rings (SSSR count). The summed E-state index contributed by atoms with van der Waals surface area (Å²) in [6, 6.07) is 3.88. The van der Waals surface area contributed by atoms with Gasteiger partial charge in [-0.25, -0.2) is 0 Å². The highest BCUT2D eigenvalue weighted by Crippen LogP contribution is 2.37. The van der Waals surface area contributed by atoms with Gasteiger partial charge in [-0.3, -0.25) is 0 Å². The minimum atomic E-state index is 0.722. The topological polar surface area (TPSA) is 21.7 Å². The van der Waals surface area contributed by atoms with Gasteiger partial charge in [-0.05, 0) is 22.4 Å². The molecule has 0 spiro atoms. The first kappa shape index (κ1) is 13.9. The number of hydrogen-bond donors (Lipinski definition) is 0. The molecule has 0 unspecified atom stereocenters. The SMILES string of the molecule is C=CCCN(C)c1cc(OC)c(OC)cc1Br. The van der Waals surface area contributed by atoms with E-state index in [0.29, 0.717) is 0 Å². The van der Waals surface area contributed by atoms with Crippen molar-refractivity contribution < 1.29 is 9.47 Å². The van der Waals surface area contributed by atoms with Gasteiger partial charge in [0.25, 0.3) is 0 Å². The van der Waals surface area contributed by atoms with Gasteiger partial charge in [-0.2, -0.15) is 0 Å². The fourth-order valence-corrected chi connectivity index (χ4v) is 2.17. The molecule has 0 saturated carbocycles. The van der Waals surface area contributed by atoms with Gasteiger partial charge in [0.15, 0.2) is 11.5 Å². The number of halogens is 1. The minimum absolute atomic E-state index is 0.722. The number of ether oxygens (including phenoxy) is 2. The number of rotatable bonds is 6. The van der Waals surface area contributed by atoms with Crippen molar-refractivity contribution in [2.24, 2.45) is 0 Å². The molecule has 1 aromatic carbocycles. The second-order valence-electron chi connectivity index (χ2n) is 3.66. The van der Waals surface area contributed by atoms with Crippen LogP contribution in [0.5, 0.6) is 11.5 Å². The molecule has 0 fully saturated rings. The Morgan fingerprint density at radius 2 is 1.88 bits per heavy atom. The number of benzene rings is 1. The van der Waals surface area contributed by atoms with Crippen LogP contribution in [-0.4, -0.2) is 27.8 Å². The summed E-state index contributed by atoms with van der Waals surface area (Å²) in [6.45, 7) is 4.64. The maximum atomic E-state index is 5.29.